The number of amides is 4. The summed E-state index contributed by atoms with van der Waals surface area (Å²) in [6.07, 6.45) is 6.55. The molecule has 3 aromatic rings. The summed E-state index contributed by atoms with van der Waals surface area (Å²) < 4.78 is 0. The summed E-state index contributed by atoms with van der Waals surface area (Å²) in [6.45, 7) is 2.03. The molecule has 1 unspecified atom stereocenters. The van der Waals surface area contributed by atoms with Crippen molar-refractivity contribution in [2.75, 3.05) is 17.7 Å². The van der Waals surface area contributed by atoms with Gasteiger partial charge in [-0.1, -0.05) is 43.7 Å². The number of β-lactam (4-membered cyclic amide) rings is 1. The first-order valence-electron chi connectivity index (χ1n) is 12.0. The quantitative estimate of drug-likeness (QED) is 0.471. The smallest absolute Gasteiger partial charge is 0.325 e. The van der Waals surface area contributed by atoms with Gasteiger partial charge in [-0.2, -0.15) is 0 Å². The molecule has 186 valence electrons. The number of carbonyl (C=O) groups is 3. The topological polar surface area (TPSA) is 122 Å². The molecule has 1 fully saturated rings. The van der Waals surface area contributed by atoms with Crippen LogP contribution < -0.4 is 16.0 Å². The van der Waals surface area contributed by atoms with Crippen LogP contribution in [0.2, 0.25) is 0 Å². The summed E-state index contributed by atoms with van der Waals surface area (Å²) in [7, 11) is 1.63. The van der Waals surface area contributed by atoms with Crippen molar-refractivity contribution in [3.8, 4) is 0 Å². The monoisotopic (exact) mass is 486 g/mol. The van der Waals surface area contributed by atoms with E-state index in [0.29, 0.717) is 17.9 Å². The highest BCUT2D eigenvalue weighted by atomic mass is 16.2. The summed E-state index contributed by atoms with van der Waals surface area (Å²) in [6, 6.07) is 14.6. The van der Waals surface area contributed by atoms with Crippen molar-refractivity contribution in [3.05, 3.63) is 84.3 Å². The SMILES string of the molecule is CCCC(NC(=O)N1C(=O)[C@H](Cc2ccnc(N)c2)[C@H]1C(=O)N(C)c1ccncc1)c1ccccc1. The second-order valence-electron chi connectivity index (χ2n) is 8.86. The van der Waals surface area contributed by atoms with Gasteiger partial charge in [0.1, 0.15) is 11.9 Å². The molecule has 0 bridgehead atoms. The molecule has 0 radical (unpaired) electrons. The largest absolute Gasteiger partial charge is 0.384 e. The number of hydrogen-bond donors (Lipinski definition) is 2. The Kier molecular flexibility index (Phi) is 7.58. The first-order valence-corrected chi connectivity index (χ1v) is 12.0. The molecule has 36 heavy (non-hydrogen) atoms. The maximum atomic E-state index is 13.6. The van der Waals surface area contributed by atoms with Crippen molar-refractivity contribution >= 4 is 29.4 Å². The number of urea groups is 1. The lowest BCUT2D eigenvalue weighted by Gasteiger charge is -2.46. The molecule has 3 N–H and O–H groups in total. The number of likely N-dealkylation sites (N-methyl/N-ethyl adjacent to an activating group) is 1. The van der Waals surface area contributed by atoms with Gasteiger partial charge in [-0.3, -0.25) is 19.5 Å². The van der Waals surface area contributed by atoms with Crippen molar-refractivity contribution in [2.24, 2.45) is 5.92 Å². The van der Waals surface area contributed by atoms with E-state index in [4.69, 9.17) is 5.73 Å². The van der Waals surface area contributed by atoms with Crippen LogP contribution in [0.25, 0.3) is 0 Å². The molecule has 1 aromatic carbocycles. The maximum absolute atomic E-state index is 13.6. The summed E-state index contributed by atoms with van der Waals surface area (Å²) in [5.74, 6) is -1.12. The zero-order chi connectivity index (χ0) is 25.7. The molecule has 3 atom stereocenters. The molecule has 0 saturated carbocycles. The van der Waals surface area contributed by atoms with Crippen molar-refractivity contribution < 1.29 is 14.4 Å². The molecule has 1 saturated heterocycles. The van der Waals surface area contributed by atoms with Crippen molar-refractivity contribution in [1.82, 2.24) is 20.2 Å². The number of anilines is 2. The second kappa shape index (κ2) is 11.0. The number of nitrogens with two attached hydrogens (primary N) is 1. The van der Waals surface area contributed by atoms with Gasteiger partial charge in [0.15, 0.2) is 0 Å². The van der Waals surface area contributed by atoms with E-state index >= 15 is 0 Å². The predicted octanol–water partition coefficient (Wildman–Crippen LogP) is 3.34. The first-order chi connectivity index (χ1) is 17.4. The number of nitrogens with zero attached hydrogens (tertiary/aromatic N) is 4. The molecule has 3 heterocycles. The number of imide groups is 1. The molecule has 1 aliphatic rings. The molecular weight excluding hydrogens is 456 g/mol. The number of nitrogen functional groups attached to an aromatic ring is 1. The Morgan fingerprint density at radius 2 is 1.83 bits per heavy atom. The molecule has 0 aliphatic carbocycles. The zero-order valence-electron chi connectivity index (χ0n) is 20.4. The van der Waals surface area contributed by atoms with Gasteiger partial charge in [0.05, 0.1) is 12.0 Å². The van der Waals surface area contributed by atoms with E-state index in [9.17, 15) is 14.4 Å². The van der Waals surface area contributed by atoms with Crippen LogP contribution in [-0.4, -0.2) is 45.8 Å². The van der Waals surface area contributed by atoms with Crippen LogP contribution in [0, 0.1) is 5.92 Å². The zero-order valence-corrected chi connectivity index (χ0v) is 20.4. The molecule has 2 aromatic heterocycles. The molecule has 9 nitrogen and oxygen atoms in total. The number of likely N-dealkylation sites (tertiary alicyclic amines) is 1. The van der Waals surface area contributed by atoms with E-state index in [2.05, 4.69) is 15.3 Å². The van der Waals surface area contributed by atoms with E-state index in [1.165, 1.54) is 4.90 Å². The van der Waals surface area contributed by atoms with Crippen LogP contribution in [0.3, 0.4) is 0 Å². The molecule has 4 amide bonds. The summed E-state index contributed by atoms with van der Waals surface area (Å²) in [4.78, 5) is 50.8. The molecule has 9 heteroatoms. The molecule has 1 aliphatic heterocycles. The minimum absolute atomic E-state index is 0.271. The average molecular weight is 487 g/mol. The highest BCUT2D eigenvalue weighted by Gasteiger charge is 2.55. The number of aromatic nitrogens is 2. The number of pyridine rings is 2. The lowest BCUT2D eigenvalue weighted by atomic mass is 9.81. The predicted molar refractivity (Wildman–Crippen MR) is 137 cm³/mol. The third kappa shape index (κ3) is 5.19. The van der Waals surface area contributed by atoms with E-state index in [1.54, 1.807) is 49.9 Å². The minimum atomic E-state index is -0.955. The van der Waals surface area contributed by atoms with Crippen molar-refractivity contribution in [1.29, 1.82) is 0 Å². The first kappa shape index (κ1) is 24.8. The lowest BCUT2D eigenvalue weighted by molar-refractivity contribution is -0.156. The van der Waals surface area contributed by atoms with Gasteiger partial charge in [-0.25, -0.2) is 9.78 Å². The van der Waals surface area contributed by atoms with Crippen LogP contribution in [-0.2, 0) is 16.0 Å². The van der Waals surface area contributed by atoms with Gasteiger partial charge in [-0.05, 0) is 48.2 Å². The molecular formula is C27H30N6O3. The van der Waals surface area contributed by atoms with Crippen LogP contribution in [0.1, 0.15) is 36.9 Å². The van der Waals surface area contributed by atoms with Crippen LogP contribution >= 0.6 is 0 Å². The second-order valence-corrected chi connectivity index (χ2v) is 8.86. The molecule has 4 rings (SSSR count). The van der Waals surface area contributed by atoms with Gasteiger partial charge in [0, 0.05) is 31.3 Å². The fourth-order valence-electron chi connectivity index (χ4n) is 4.54. The van der Waals surface area contributed by atoms with Crippen LogP contribution in [0.15, 0.2) is 73.2 Å². The normalized spacial score (nSPS) is 17.7. The van der Waals surface area contributed by atoms with Gasteiger partial charge in [-0.15, -0.1) is 0 Å². The third-order valence-electron chi connectivity index (χ3n) is 6.44. The van der Waals surface area contributed by atoms with E-state index in [0.717, 1.165) is 22.4 Å². The maximum Gasteiger partial charge on any atom is 0.325 e. The number of rotatable bonds is 8. The van der Waals surface area contributed by atoms with E-state index in [1.807, 2.05) is 37.3 Å². The van der Waals surface area contributed by atoms with E-state index in [-0.39, 0.29) is 18.4 Å². The number of hydrogen-bond acceptors (Lipinski definition) is 6. The van der Waals surface area contributed by atoms with Crippen molar-refractivity contribution in [2.45, 2.75) is 38.3 Å². The van der Waals surface area contributed by atoms with Gasteiger partial charge < -0.3 is 16.0 Å². The minimum Gasteiger partial charge on any atom is -0.384 e. The van der Waals surface area contributed by atoms with E-state index < -0.39 is 23.9 Å². The Morgan fingerprint density at radius 3 is 2.50 bits per heavy atom. The van der Waals surface area contributed by atoms with Crippen LogP contribution in [0.5, 0.6) is 0 Å². The third-order valence-corrected chi connectivity index (χ3v) is 6.44. The summed E-state index contributed by atoms with van der Waals surface area (Å²) in [5.41, 5.74) is 8.15. The highest BCUT2D eigenvalue weighted by Crippen LogP contribution is 2.33. The molecule has 0 spiro atoms. The van der Waals surface area contributed by atoms with Gasteiger partial charge in [0.25, 0.3) is 5.91 Å². The Balaban J connectivity index is 1.60. The number of nitrogens with one attached hydrogen (secondary N) is 1. The number of benzene rings is 1. The van der Waals surface area contributed by atoms with Crippen molar-refractivity contribution in [3.63, 3.8) is 0 Å². The lowest BCUT2D eigenvalue weighted by Crippen LogP contribution is -2.70. The Bertz CT molecular complexity index is 1220. The van der Waals surface area contributed by atoms with Gasteiger partial charge >= 0.3 is 6.03 Å². The fourth-order valence-corrected chi connectivity index (χ4v) is 4.54. The van der Waals surface area contributed by atoms with Crippen LogP contribution in [0.4, 0.5) is 16.3 Å². The summed E-state index contributed by atoms with van der Waals surface area (Å²) in [5, 5.41) is 2.98. The van der Waals surface area contributed by atoms with Gasteiger partial charge in [0.2, 0.25) is 5.91 Å². The average Bonchev–Trinajstić information content (AvgIpc) is 2.90. The fraction of sp³-hybridized carbons (Fsp3) is 0.296. The summed E-state index contributed by atoms with van der Waals surface area (Å²) >= 11 is 0. The Labute approximate surface area is 210 Å². The Hall–Kier alpha value is -4.27. The highest BCUT2D eigenvalue weighted by molar-refractivity contribution is 6.12. The standard InChI is InChI=1S/C27H30N6O3/c1-3-7-22(19-8-5-4-6-9-19)31-27(36)33-24(26(35)32(2)20-11-13-29-14-12-20)21(25(33)34)16-18-10-15-30-23(28)17-18/h4-6,8-15,17,21-22,24H,3,7,16H2,1-2H3,(H2,28,30)(H,31,36)/t21-,22?,24+/m1/s1. The number of carbonyl (C=O) groups excluding carboxylic acids is 3. The Morgan fingerprint density at radius 1 is 1.11 bits per heavy atom.